The van der Waals surface area contributed by atoms with Crippen LogP contribution in [-0.4, -0.2) is 68.8 Å². The second kappa shape index (κ2) is 7.47. The average Bonchev–Trinajstić information content (AvgIpc) is 3.30. The van der Waals surface area contributed by atoms with E-state index in [4.69, 9.17) is 16.3 Å². The van der Waals surface area contributed by atoms with Gasteiger partial charge in [0.25, 0.3) is 11.8 Å². The zero-order valence-corrected chi connectivity index (χ0v) is 16.7. The predicted molar refractivity (Wildman–Crippen MR) is 102 cm³/mol. The molecule has 3 heterocycles. The molecular weight excluding hydrogens is 406 g/mol. The predicted octanol–water partition coefficient (Wildman–Crippen LogP) is 1.13. The first-order valence-electron chi connectivity index (χ1n) is 9.13. The van der Waals surface area contributed by atoms with E-state index in [1.54, 1.807) is 0 Å². The number of imide groups is 1. The van der Waals surface area contributed by atoms with Crippen molar-refractivity contribution in [3.63, 3.8) is 0 Å². The lowest BCUT2D eigenvalue weighted by molar-refractivity contribution is -0.121. The van der Waals surface area contributed by atoms with Gasteiger partial charge in [-0.25, -0.2) is 13.3 Å². The molecule has 0 unspecified atom stereocenters. The molecule has 0 bridgehead atoms. The molecule has 2 fully saturated rings. The van der Waals surface area contributed by atoms with Gasteiger partial charge in [-0.2, -0.15) is 4.31 Å². The monoisotopic (exact) mass is 425 g/mol. The quantitative estimate of drug-likeness (QED) is 0.672. The highest BCUT2D eigenvalue weighted by Gasteiger charge is 2.42. The van der Waals surface area contributed by atoms with Crippen molar-refractivity contribution in [2.24, 2.45) is 0 Å². The minimum atomic E-state index is -3.64. The summed E-state index contributed by atoms with van der Waals surface area (Å²) in [4.78, 5) is 28.3. The van der Waals surface area contributed by atoms with Crippen LogP contribution in [0.1, 0.15) is 12.8 Å². The summed E-state index contributed by atoms with van der Waals surface area (Å²) in [6, 6.07) is 5.73. The Morgan fingerprint density at radius 2 is 1.50 bits per heavy atom. The number of carbonyl (C=O) groups is 2. The second-order valence-electron chi connectivity index (χ2n) is 6.81. The molecule has 2 saturated heterocycles. The van der Waals surface area contributed by atoms with Crippen molar-refractivity contribution in [1.29, 1.82) is 0 Å². The van der Waals surface area contributed by atoms with Crippen molar-refractivity contribution in [1.82, 2.24) is 9.21 Å². The van der Waals surface area contributed by atoms with Crippen molar-refractivity contribution in [3.8, 4) is 0 Å². The number of sulfonamides is 1. The number of carbonyl (C=O) groups excluding carboxylic acids is 2. The van der Waals surface area contributed by atoms with Crippen molar-refractivity contribution in [3.05, 3.63) is 35.0 Å². The van der Waals surface area contributed by atoms with Crippen LogP contribution < -0.4 is 4.90 Å². The summed E-state index contributed by atoms with van der Waals surface area (Å²) >= 11 is 6.17. The molecule has 10 heteroatoms. The van der Waals surface area contributed by atoms with Crippen LogP contribution in [0.5, 0.6) is 0 Å². The van der Waals surface area contributed by atoms with E-state index in [1.165, 1.54) is 28.6 Å². The summed E-state index contributed by atoms with van der Waals surface area (Å²) in [6.45, 7) is 2.69. The molecule has 3 aliphatic heterocycles. The third-order valence-corrected chi connectivity index (χ3v) is 7.38. The molecule has 1 aromatic carbocycles. The first-order valence-corrected chi connectivity index (χ1v) is 10.9. The molecule has 150 valence electrons. The van der Waals surface area contributed by atoms with Crippen molar-refractivity contribution >= 4 is 39.1 Å². The summed E-state index contributed by atoms with van der Waals surface area (Å²) in [6.07, 6.45) is 1.90. The zero-order chi connectivity index (χ0) is 19.9. The van der Waals surface area contributed by atoms with E-state index in [1.807, 2.05) is 4.90 Å². The number of likely N-dealkylation sites (tertiary alicyclic amines) is 1. The molecule has 28 heavy (non-hydrogen) atoms. The van der Waals surface area contributed by atoms with Gasteiger partial charge in [0.05, 0.1) is 23.8 Å². The van der Waals surface area contributed by atoms with E-state index in [9.17, 15) is 18.0 Å². The number of hydrogen-bond donors (Lipinski definition) is 0. The van der Waals surface area contributed by atoms with E-state index in [0.29, 0.717) is 45.1 Å². The molecule has 0 aromatic heterocycles. The topological polar surface area (TPSA) is 87.2 Å². The molecule has 3 aliphatic rings. The molecule has 0 atom stereocenters. The highest BCUT2D eigenvalue weighted by atomic mass is 35.5. The molecule has 0 spiro atoms. The van der Waals surface area contributed by atoms with Gasteiger partial charge in [0.2, 0.25) is 10.0 Å². The van der Waals surface area contributed by atoms with Crippen LogP contribution in [0.25, 0.3) is 0 Å². The third kappa shape index (κ3) is 3.22. The van der Waals surface area contributed by atoms with E-state index < -0.39 is 21.8 Å². The Morgan fingerprint density at radius 3 is 2.11 bits per heavy atom. The van der Waals surface area contributed by atoms with Crippen molar-refractivity contribution in [2.45, 2.75) is 17.7 Å². The van der Waals surface area contributed by atoms with E-state index in [2.05, 4.69) is 0 Å². The molecule has 0 aliphatic carbocycles. The van der Waals surface area contributed by atoms with Gasteiger partial charge in [-0.3, -0.25) is 9.59 Å². The largest absolute Gasteiger partial charge is 0.379 e. The third-order valence-electron chi connectivity index (χ3n) is 5.13. The van der Waals surface area contributed by atoms with Gasteiger partial charge in [0, 0.05) is 26.2 Å². The normalized spacial score (nSPS) is 21.9. The molecule has 1 aromatic rings. The number of rotatable bonds is 4. The van der Waals surface area contributed by atoms with Gasteiger partial charge in [0.1, 0.15) is 10.7 Å². The van der Waals surface area contributed by atoms with Crippen LogP contribution in [0.15, 0.2) is 39.9 Å². The molecule has 4 rings (SSSR count). The lowest BCUT2D eigenvalue weighted by atomic mass is 10.3. The molecule has 0 radical (unpaired) electrons. The summed E-state index contributed by atoms with van der Waals surface area (Å²) in [5, 5.41) is -0.0862. The van der Waals surface area contributed by atoms with Crippen molar-refractivity contribution in [2.75, 3.05) is 44.3 Å². The average molecular weight is 426 g/mol. The molecular formula is C18H20ClN3O5S. The number of nitrogens with zero attached hydrogens (tertiary/aromatic N) is 3. The highest BCUT2D eigenvalue weighted by molar-refractivity contribution is 7.89. The fourth-order valence-electron chi connectivity index (χ4n) is 3.64. The Hall–Kier alpha value is -1.94. The summed E-state index contributed by atoms with van der Waals surface area (Å²) in [5.74, 6) is -1.06. The number of benzene rings is 1. The number of anilines is 1. The maximum Gasteiger partial charge on any atom is 0.283 e. The maximum atomic E-state index is 12.8. The highest BCUT2D eigenvalue weighted by Crippen LogP contribution is 2.33. The van der Waals surface area contributed by atoms with Gasteiger partial charge in [-0.15, -0.1) is 0 Å². The number of ether oxygens (including phenoxy) is 1. The van der Waals surface area contributed by atoms with E-state index in [0.717, 1.165) is 17.7 Å². The van der Waals surface area contributed by atoms with Gasteiger partial charge in [-0.1, -0.05) is 11.6 Å². The first kappa shape index (κ1) is 19.4. The SMILES string of the molecule is O=C1C(Cl)=C(N2CCCC2)C(=O)N1c1ccc(S(=O)(=O)N2CCOCC2)cc1. The minimum Gasteiger partial charge on any atom is -0.379 e. The van der Waals surface area contributed by atoms with Gasteiger partial charge < -0.3 is 9.64 Å². The Labute approximate surface area is 168 Å². The first-order chi connectivity index (χ1) is 13.4. The minimum absolute atomic E-state index is 0.0862. The van der Waals surface area contributed by atoms with Gasteiger partial charge in [0.15, 0.2) is 0 Å². The van der Waals surface area contributed by atoms with Crippen LogP contribution in [-0.2, 0) is 24.3 Å². The molecule has 0 saturated carbocycles. The number of halogens is 1. The molecule has 2 amide bonds. The van der Waals surface area contributed by atoms with Gasteiger partial charge in [-0.05, 0) is 37.1 Å². The second-order valence-corrected chi connectivity index (χ2v) is 9.13. The van der Waals surface area contributed by atoms with Crippen LogP contribution in [0, 0.1) is 0 Å². The maximum absolute atomic E-state index is 12.8. The Morgan fingerprint density at radius 1 is 0.893 bits per heavy atom. The summed E-state index contributed by atoms with van der Waals surface area (Å²) in [5.41, 5.74) is 0.525. The van der Waals surface area contributed by atoms with Crippen LogP contribution in [0.4, 0.5) is 5.69 Å². The summed E-state index contributed by atoms with van der Waals surface area (Å²) in [7, 11) is -3.64. The number of morpholine rings is 1. The fourth-order valence-corrected chi connectivity index (χ4v) is 5.34. The van der Waals surface area contributed by atoms with E-state index in [-0.39, 0.29) is 15.6 Å². The number of hydrogen-bond acceptors (Lipinski definition) is 6. The Bertz CT molecular complexity index is 932. The van der Waals surface area contributed by atoms with Gasteiger partial charge >= 0.3 is 0 Å². The molecule has 0 N–H and O–H groups in total. The lowest BCUT2D eigenvalue weighted by Gasteiger charge is -2.26. The smallest absolute Gasteiger partial charge is 0.283 e. The lowest BCUT2D eigenvalue weighted by Crippen LogP contribution is -2.40. The summed E-state index contributed by atoms with van der Waals surface area (Å²) < 4.78 is 32.0. The number of amides is 2. The standard InChI is InChI=1S/C18H20ClN3O5S/c19-15-16(20-7-1-2-8-20)18(24)22(17(15)23)13-3-5-14(6-4-13)28(25,26)21-9-11-27-12-10-21/h3-6H,1-2,7-12H2. The van der Waals surface area contributed by atoms with Crippen LogP contribution >= 0.6 is 11.6 Å². The van der Waals surface area contributed by atoms with Crippen LogP contribution in [0.3, 0.4) is 0 Å². The fraction of sp³-hybridized carbons (Fsp3) is 0.444. The Balaban J connectivity index is 1.58. The molecule has 8 nitrogen and oxygen atoms in total. The van der Waals surface area contributed by atoms with Crippen LogP contribution in [0.2, 0.25) is 0 Å². The van der Waals surface area contributed by atoms with Crippen molar-refractivity contribution < 1.29 is 22.7 Å². The van der Waals surface area contributed by atoms with E-state index >= 15 is 0 Å². The zero-order valence-electron chi connectivity index (χ0n) is 15.1. The Kier molecular flexibility index (Phi) is 5.17.